The number of fused-ring (bicyclic) bond motifs is 1. The zero-order chi connectivity index (χ0) is 20.4. The predicted molar refractivity (Wildman–Crippen MR) is 112 cm³/mol. The van der Waals surface area contributed by atoms with E-state index in [4.69, 9.17) is 0 Å². The molecule has 4 aromatic rings. The number of carbonyl (C=O) groups is 1. The summed E-state index contributed by atoms with van der Waals surface area (Å²) in [4.78, 5) is 25.7. The summed E-state index contributed by atoms with van der Waals surface area (Å²) in [6.07, 6.45) is 1.55. The van der Waals surface area contributed by atoms with Crippen LogP contribution in [-0.4, -0.2) is 25.8 Å². The van der Waals surface area contributed by atoms with Gasteiger partial charge < -0.3 is 5.32 Å². The van der Waals surface area contributed by atoms with Crippen molar-refractivity contribution in [3.05, 3.63) is 76.7 Å². The van der Waals surface area contributed by atoms with Gasteiger partial charge in [-0.05, 0) is 19.9 Å². The molecule has 2 heterocycles. The van der Waals surface area contributed by atoms with Crippen LogP contribution in [0.3, 0.4) is 0 Å². The average Bonchev–Trinajstić information content (AvgIpc) is 2.75. The van der Waals surface area contributed by atoms with Crippen LogP contribution in [0, 0.1) is 0 Å². The Hall–Kier alpha value is -3.87. The first kappa shape index (κ1) is 18.5. The van der Waals surface area contributed by atoms with Crippen molar-refractivity contribution in [2.75, 3.05) is 5.32 Å². The van der Waals surface area contributed by atoms with E-state index in [9.17, 15) is 9.59 Å². The summed E-state index contributed by atoms with van der Waals surface area (Å²) in [7, 11) is 0. The molecule has 144 valence electrons. The third-order valence-corrected chi connectivity index (χ3v) is 4.66. The van der Waals surface area contributed by atoms with Crippen LogP contribution in [-0.2, 0) is 6.54 Å². The van der Waals surface area contributed by atoms with Gasteiger partial charge >= 0.3 is 0 Å². The van der Waals surface area contributed by atoms with Gasteiger partial charge in [-0.15, -0.1) is 0 Å². The number of rotatable bonds is 5. The number of aryl methyl sites for hydroxylation is 1. The van der Waals surface area contributed by atoms with Gasteiger partial charge in [0.15, 0.2) is 5.78 Å². The molecule has 0 fully saturated rings. The Labute approximate surface area is 167 Å². The lowest BCUT2D eigenvalue weighted by Gasteiger charge is -2.16. The van der Waals surface area contributed by atoms with Crippen molar-refractivity contribution in [2.24, 2.45) is 0 Å². The second-order valence-corrected chi connectivity index (χ2v) is 6.54. The molecule has 0 amide bonds. The van der Waals surface area contributed by atoms with E-state index in [2.05, 4.69) is 20.6 Å². The number of aromatic nitrogens is 4. The maximum Gasteiger partial charge on any atom is 0.291 e. The van der Waals surface area contributed by atoms with Gasteiger partial charge in [-0.25, -0.2) is 4.68 Å². The molecule has 0 unspecified atom stereocenters. The number of benzene rings is 2. The highest BCUT2D eigenvalue weighted by molar-refractivity contribution is 6.06. The molecule has 1 N–H and O–H groups in total. The van der Waals surface area contributed by atoms with Crippen molar-refractivity contribution in [3.63, 3.8) is 0 Å². The van der Waals surface area contributed by atoms with Gasteiger partial charge in [0.1, 0.15) is 11.4 Å². The lowest BCUT2D eigenvalue weighted by Crippen LogP contribution is -2.28. The van der Waals surface area contributed by atoms with E-state index in [0.717, 1.165) is 10.9 Å². The SMILES string of the molecule is CCn1nc(-c2ccccc2)c(C(C)=O)c(Nc2cnnc3ccccc23)c1=O. The first-order valence-electron chi connectivity index (χ1n) is 9.29. The third-order valence-electron chi connectivity index (χ3n) is 4.66. The topological polar surface area (TPSA) is 89.8 Å². The van der Waals surface area contributed by atoms with Crippen LogP contribution < -0.4 is 10.9 Å². The highest BCUT2D eigenvalue weighted by Gasteiger charge is 2.22. The number of anilines is 2. The molecule has 0 aliphatic carbocycles. The van der Waals surface area contributed by atoms with Crippen LogP contribution in [0.5, 0.6) is 0 Å². The Morgan fingerprint density at radius 1 is 1.07 bits per heavy atom. The fraction of sp³-hybridized carbons (Fsp3) is 0.136. The largest absolute Gasteiger partial charge is 0.348 e. The Morgan fingerprint density at radius 3 is 2.52 bits per heavy atom. The van der Waals surface area contributed by atoms with Crippen molar-refractivity contribution < 1.29 is 4.79 Å². The van der Waals surface area contributed by atoms with Crippen LogP contribution in [0.15, 0.2) is 65.6 Å². The fourth-order valence-corrected chi connectivity index (χ4v) is 3.28. The number of hydrogen-bond donors (Lipinski definition) is 1. The summed E-state index contributed by atoms with van der Waals surface area (Å²) < 4.78 is 1.36. The predicted octanol–water partition coefficient (Wildman–Crippen LogP) is 3.82. The number of Topliss-reactive ketones (excluding diaryl/α,β-unsaturated/α-hetero) is 1. The van der Waals surface area contributed by atoms with E-state index in [1.54, 1.807) is 6.20 Å². The normalized spacial score (nSPS) is 10.8. The van der Waals surface area contributed by atoms with Crippen LogP contribution >= 0.6 is 0 Å². The lowest BCUT2D eigenvalue weighted by molar-refractivity contribution is 0.101. The molecule has 4 rings (SSSR count). The molecule has 2 aromatic heterocycles. The van der Waals surface area contributed by atoms with E-state index in [-0.39, 0.29) is 22.6 Å². The van der Waals surface area contributed by atoms with Gasteiger partial charge in [0.05, 0.1) is 23.0 Å². The number of carbonyl (C=O) groups excluding carboxylic acids is 1. The van der Waals surface area contributed by atoms with E-state index in [1.165, 1.54) is 11.6 Å². The van der Waals surface area contributed by atoms with Gasteiger partial charge in [-0.3, -0.25) is 9.59 Å². The van der Waals surface area contributed by atoms with Crippen molar-refractivity contribution >= 4 is 28.1 Å². The van der Waals surface area contributed by atoms with Crippen LogP contribution in [0.1, 0.15) is 24.2 Å². The Kier molecular flexibility index (Phi) is 4.87. The highest BCUT2D eigenvalue weighted by atomic mass is 16.1. The zero-order valence-corrected chi connectivity index (χ0v) is 16.1. The van der Waals surface area contributed by atoms with Crippen LogP contribution in [0.4, 0.5) is 11.4 Å². The third kappa shape index (κ3) is 3.38. The van der Waals surface area contributed by atoms with Gasteiger partial charge in [-0.1, -0.05) is 48.5 Å². The van der Waals surface area contributed by atoms with Crippen molar-refractivity contribution in [3.8, 4) is 11.3 Å². The molecule has 0 saturated carbocycles. The number of hydrogen-bond acceptors (Lipinski definition) is 6. The number of nitrogens with zero attached hydrogens (tertiary/aromatic N) is 4. The van der Waals surface area contributed by atoms with Crippen molar-refractivity contribution in [2.45, 2.75) is 20.4 Å². The minimum absolute atomic E-state index is 0.186. The quantitative estimate of drug-likeness (QED) is 0.525. The number of nitrogens with one attached hydrogen (secondary N) is 1. The van der Waals surface area contributed by atoms with Gasteiger partial charge in [0.25, 0.3) is 5.56 Å². The molecule has 0 aliphatic rings. The summed E-state index contributed by atoms with van der Waals surface area (Å²) in [5.41, 5.74) is 2.60. The van der Waals surface area contributed by atoms with E-state index in [0.29, 0.717) is 23.4 Å². The molecule has 7 nitrogen and oxygen atoms in total. The second kappa shape index (κ2) is 7.63. The standard InChI is InChI=1S/C22H19N5O2/c1-3-27-22(29)21(24-18-13-23-25-17-12-8-7-11-16(17)18)19(14(2)28)20(26-27)15-9-5-4-6-10-15/h4-13H,3H2,1-2H3,(H,24,25). The van der Waals surface area contributed by atoms with Crippen molar-refractivity contribution in [1.29, 1.82) is 0 Å². The first-order valence-corrected chi connectivity index (χ1v) is 9.29. The smallest absolute Gasteiger partial charge is 0.291 e. The first-order chi connectivity index (χ1) is 14.1. The summed E-state index contributed by atoms with van der Waals surface area (Å²) in [5.74, 6) is -0.245. The van der Waals surface area contributed by atoms with Crippen molar-refractivity contribution in [1.82, 2.24) is 20.0 Å². The van der Waals surface area contributed by atoms with Gasteiger partial charge in [0.2, 0.25) is 0 Å². The zero-order valence-electron chi connectivity index (χ0n) is 16.1. The molecule has 0 radical (unpaired) electrons. The van der Waals surface area contributed by atoms with Gasteiger partial charge in [0, 0.05) is 17.5 Å². The molecule has 0 bridgehead atoms. The fourth-order valence-electron chi connectivity index (χ4n) is 3.28. The summed E-state index contributed by atoms with van der Waals surface area (Å²) >= 11 is 0. The molecular formula is C22H19N5O2. The molecule has 2 aromatic carbocycles. The lowest BCUT2D eigenvalue weighted by atomic mass is 10.0. The Morgan fingerprint density at radius 2 is 1.79 bits per heavy atom. The van der Waals surface area contributed by atoms with E-state index >= 15 is 0 Å². The molecule has 0 spiro atoms. The van der Waals surface area contributed by atoms with Gasteiger partial charge in [-0.2, -0.15) is 15.3 Å². The molecule has 29 heavy (non-hydrogen) atoms. The molecule has 0 aliphatic heterocycles. The Balaban J connectivity index is 1.99. The average molecular weight is 385 g/mol. The summed E-state index contributed by atoms with van der Waals surface area (Å²) in [6.45, 7) is 3.65. The summed E-state index contributed by atoms with van der Waals surface area (Å²) in [6, 6.07) is 16.8. The Bertz CT molecular complexity index is 1260. The molecule has 0 atom stereocenters. The summed E-state index contributed by atoms with van der Waals surface area (Å²) in [5, 5.41) is 16.5. The molecule has 0 saturated heterocycles. The highest BCUT2D eigenvalue weighted by Crippen LogP contribution is 2.29. The maximum atomic E-state index is 13.1. The minimum atomic E-state index is -0.363. The van der Waals surface area contributed by atoms with E-state index in [1.807, 2.05) is 61.5 Å². The van der Waals surface area contributed by atoms with E-state index < -0.39 is 0 Å². The molecule has 7 heteroatoms. The minimum Gasteiger partial charge on any atom is -0.348 e. The monoisotopic (exact) mass is 385 g/mol. The van der Waals surface area contributed by atoms with Crippen LogP contribution in [0.25, 0.3) is 22.2 Å². The molecular weight excluding hydrogens is 366 g/mol. The second-order valence-electron chi connectivity index (χ2n) is 6.54. The maximum absolute atomic E-state index is 13.1. The number of ketones is 1. The van der Waals surface area contributed by atoms with Crippen LogP contribution in [0.2, 0.25) is 0 Å².